The third kappa shape index (κ3) is 17.2. The molecule has 1 N–H and O–H groups in total. The minimum Gasteiger partial charge on any atom is -0.481 e. The summed E-state index contributed by atoms with van der Waals surface area (Å²) < 4.78 is 0. The maximum Gasteiger partial charge on any atom is 0.303 e. The van der Waals surface area contributed by atoms with Crippen LogP contribution in [0.2, 0.25) is 0 Å². The molecular formula is C18H34O2. The van der Waals surface area contributed by atoms with Gasteiger partial charge in [-0.3, -0.25) is 4.79 Å². The fourth-order valence-corrected chi connectivity index (χ4v) is 2.37. The molecule has 0 fully saturated rings. The summed E-state index contributed by atoms with van der Waals surface area (Å²) in [6.45, 7) is 2.27. The average Bonchev–Trinajstić information content (AvgIpc) is 2.43. The second kappa shape index (κ2) is 16.3. The van der Waals surface area contributed by atoms with Gasteiger partial charge in [0, 0.05) is 6.42 Å². The molecule has 0 amide bonds. The number of hydrogen-bond donors (Lipinski definition) is 1. The van der Waals surface area contributed by atoms with Gasteiger partial charge in [0.2, 0.25) is 0 Å². The van der Waals surface area contributed by atoms with Crippen LogP contribution in [0, 0.1) is 0 Å². The summed E-state index contributed by atoms with van der Waals surface area (Å²) in [5.41, 5.74) is 0. The molecule has 0 heterocycles. The van der Waals surface area contributed by atoms with E-state index in [0.717, 1.165) is 6.42 Å². The first-order valence-electron chi connectivity index (χ1n) is 8.64. The van der Waals surface area contributed by atoms with Crippen LogP contribution in [-0.2, 0) is 4.79 Å². The van der Waals surface area contributed by atoms with Crippen molar-refractivity contribution in [1.82, 2.24) is 0 Å². The summed E-state index contributed by atoms with van der Waals surface area (Å²) in [6, 6.07) is 0. The molecule has 20 heavy (non-hydrogen) atoms. The fraction of sp³-hybridized carbons (Fsp3) is 0.833. The maximum atomic E-state index is 10.3. The van der Waals surface area contributed by atoms with Crippen LogP contribution < -0.4 is 0 Å². The first-order chi connectivity index (χ1) is 9.77. The molecule has 0 aromatic rings. The van der Waals surface area contributed by atoms with Crippen molar-refractivity contribution < 1.29 is 9.90 Å². The molecule has 0 saturated heterocycles. The van der Waals surface area contributed by atoms with Crippen LogP contribution in [0.3, 0.4) is 0 Å². The average molecular weight is 282 g/mol. The largest absolute Gasteiger partial charge is 0.481 e. The molecule has 0 atom stereocenters. The predicted octanol–water partition coefficient (Wildman–Crippen LogP) is 6.11. The van der Waals surface area contributed by atoms with Crippen molar-refractivity contribution in [2.75, 3.05) is 0 Å². The Hall–Kier alpha value is -0.790. The Balaban J connectivity index is 3.04. The van der Waals surface area contributed by atoms with Gasteiger partial charge in [-0.2, -0.15) is 0 Å². The molecule has 0 radical (unpaired) electrons. The van der Waals surface area contributed by atoms with Gasteiger partial charge in [0.1, 0.15) is 0 Å². The van der Waals surface area contributed by atoms with Crippen molar-refractivity contribution in [3.05, 3.63) is 12.2 Å². The van der Waals surface area contributed by atoms with Crippen molar-refractivity contribution >= 4 is 5.97 Å². The van der Waals surface area contributed by atoms with Gasteiger partial charge in [0.15, 0.2) is 0 Å². The minimum atomic E-state index is -0.704. The highest BCUT2D eigenvalue weighted by Crippen LogP contribution is 2.12. The summed E-state index contributed by atoms with van der Waals surface area (Å²) in [5, 5.41) is 8.48. The molecule has 2 heteroatoms. The maximum absolute atomic E-state index is 10.3. The molecule has 0 rings (SSSR count). The third-order valence-electron chi connectivity index (χ3n) is 3.67. The molecule has 0 spiro atoms. The highest BCUT2D eigenvalue weighted by molar-refractivity contribution is 5.66. The molecule has 0 aliphatic heterocycles. The Morgan fingerprint density at radius 2 is 1.20 bits per heavy atom. The van der Waals surface area contributed by atoms with Crippen LogP contribution in [0.5, 0.6) is 0 Å². The van der Waals surface area contributed by atoms with Gasteiger partial charge in [0.25, 0.3) is 0 Å². The molecule has 0 unspecified atom stereocenters. The predicted molar refractivity (Wildman–Crippen MR) is 87.1 cm³/mol. The van der Waals surface area contributed by atoms with E-state index in [-0.39, 0.29) is 6.42 Å². The molecule has 2 nitrogen and oxygen atoms in total. The van der Waals surface area contributed by atoms with E-state index in [0.29, 0.717) is 6.42 Å². The van der Waals surface area contributed by atoms with E-state index >= 15 is 0 Å². The summed E-state index contributed by atoms with van der Waals surface area (Å²) in [6.07, 6.45) is 21.3. The van der Waals surface area contributed by atoms with Crippen LogP contribution in [0.25, 0.3) is 0 Å². The van der Waals surface area contributed by atoms with Crippen LogP contribution >= 0.6 is 0 Å². The van der Waals surface area contributed by atoms with Gasteiger partial charge in [-0.05, 0) is 19.3 Å². The molecular weight excluding hydrogens is 248 g/mol. The van der Waals surface area contributed by atoms with E-state index in [1.54, 1.807) is 0 Å². The molecule has 0 bridgehead atoms. The van der Waals surface area contributed by atoms with Crippen LogP contribution in [-0.4, -0.2) is 11.1 Å². The highest BCUT2D eigenvalue weighted by Gasteiger charge is 1.93. The normalized spacial score (nSPS) is 11.2. The topological polar surface area (TPSA) is 37.3 Å². The van der Waals surface area contributed by atoms with Crippen LogP contribution in [0.1, 0.15) is 96.8 Å². The van der Waals surface area contributed by atoms with Gasteiger partial charge in [-0.25, -0.2) is 0 Å². The van der Waals surface area contributed by atoms with E-state index in [2.05, 4.69) is 13.0 Å². The van der Waals surface area contributed by atoms with Crippen LogP contribution in [0.4, 0.5) is 0 Å². The SMILES string of the molecule is CCCCCCCCCCCCCC=CCCC(=O)O. The number of rotatable bonds is 15. The van der Waals surface area contributed by atoms with Gasteiger partial charge >= 0.3 is 5.97 Å². The first-order valence-corrected chi connectivity index (χ1v) is 8.64. The lowest BCUT2D eigenvalue weighted by Gasteiger charge is -2.01. The summed E-state index contributed by atoms with van der Waals surface area (Å²) in [7, 11) is 0. The molecule has 0 aliphatic rings. The summed E-state index contributed by atoms with van der Waals surface area (Å²) in [4.78, 5) is 10.3. The fourth-order valence-electron chi connectivity index (χ4n) is 2.37. The standard InChI is InChI=1S/C18H34O2/c1-2-3-4-5-6-7-8-9-10-11-12-13-14-15-16-17-18(19)20/h14-15H,2-13,16-17H2,1H3,(H,19,20). The Morgan fingerprint density at radius 3 is 1.70 bits per heavy atom. The summed E-state index contributed by atoms with van der Waals surface area (Å²) >= 11 is 0. The number of allylic oxidation sites excluding steroid dienone is 2. The first kappa shape index (κ1) is 19.2. The van der Waals surface area contributed by atoms with E-state index in [1.807, 2.05) is 6.08 Å². The van der Waals surface area contributed by atoms with E-state index in [9.17, 15) is 4.79 Å². The molecule has 0 aliphatic carbocycles. The second-order valence-corrected chi connectivity index (χ2v) is 5.73. The Morgan fingerprint density at radius 1 is 0.750 bits per heavy atom. The van der Waals surface area contributed by atoms with Gasteiger partial charge in [-0.1, -0.05) is 83.3 Å². The Kier molecular flexibility index (Phi) is 15.6. The van der Waals surface area contributed by atoms with Crippen molar-refractivity contribution in [2.45, 2.75) is 96.8 Å². The third-order valence-corrected chi connectivity index (χ3v) is 3.67. The quantitative estimate of drug-likeness (QED) is 0.291. The molecule has 0 aromatic carbocycles. The van der Waals surface area contributed by atoms with Crippen molar-refractivity contribution in [1.29, 1.82) is 0 Å². The second-order valence-electron chi connectivity index (χ2n) is 5.73. The molecule has 0 aromatic heterocycles. The number of unbranched alkanes of at least 4 members (excludes halogenated alkanes) is 11. The zero-order chi connectivity index (χ0) is 14.9. The number of aliphatic carboxylic acids is 1. The van der Waals surface area contributed by atoms with Crippen molar-refractivity contribution in [3.8, 4) is 0 Å². The Labute approximate surface area is 125 Å². The number of carboxylic acids is 1. The lowest BCUT2D eigenvalue weighted by atomic mass is 10.1. The number of hydrogen-bond acceptors (Lipinski definition) is 1. The highest BCUT2D eigenvalue weighted by atomic mass is 16.4. The number of carboxylic acid groups (broad SMARTS) is 1. The van der Waals surface area contributed by atoms with Gasteiger partial charge in [0.05, 0.1) is 0 Å². The van der Waals surface area contributed by atoms with Crippen molar-refractivity contribution in [3.63, 3.8) is 0 Å². The van der Waals surface area contributed by atoms with Crippen molar-refractivity contribution in [2.24, 2.45) is 0 Å². The lowest BCUT2D eigenvalue weighted by Crippen LogP contribution is -1.91. The zero-order valence-corrected chi connectivity index (χ0v) is 13.4. The Bertz CT molecular complexity index is 234. The number of carbonyl (C=O) groups is 1. The molecule has 118 valence electrons. The monoisotopic (exact) mass is 282 g/mol. The lowest BCUT2D eigenvalue weighted by molar-refractivity contribution is -0.136. The van der Waals surface area contributed by atoms with Gasteiger partial charge < -0.3 is 5.11 Å². The smallest absolute Gasteiger partial charge is 0.303 e. The molecule has 0 saturated carbocycles. The zero-order valence-electron chi connectivity index (χ0n) is 13.4. The summed E-state index contributed by atoms with van der Waals surface area (Å²) in [5.74, 6) is -0.704. The van der Waals surface area contributed by atoms with Crippen LogP contribution in [0.15, 0.2) is 12.2 Å². The van der Waals surface area contributed by atoms with E-state index < -0.39 is 5.97 Å². The van der Waals surface area contributed by atoms with E-state index in [4.69, 9.17) is 5.11 Å². The van der Waals surface area contributed by atoms with Gasteiger partial charge in [-0.15, -0.1) is 0 Å². The minimum absolute atomic E-state index is 0.259. The van der Waals surface area contributed by atoms with E-state index in [1.165, 1.54) is 70.6 Å².